The standard InChI is InChI=1S/C25H32O2/c1-4-5-19-6-8-21(9-7-19)22-10-12-23(13-11-22)25(26)27-24-16-14-20(15-17-24)18(2)3/h10-19,21H,4-9H2,1-3H3. The number of rotatable bonds is 6. The molecule has 2 aromatic carbocycles. The van der Waals surface area contributed by atoms with Crippen LogP contribution in [0, 0.1) is 5.92 Å². The van der Waals surface area contributed by atoms with Gasteiger partial charge < -0.3 is 4.74 Å². The topological polar surface area (TPSA) is 26.3 Å². The first kappa shape index (κ1) is 19.7. The number of hydrogen-bond acceptors (Lipinski definition) is 2. The van der Waals surface area contributed by atoms with Gasteiger partial charge >= 0.3 is 5.97 Å². The molecule has 0 heterocycles. The van der Waals surface area contributed by atoms with Gasteiger partial charge in [-0.3, -0.25) is 0 Å². The molecule has 2 nitrogen and oxygen atoms in total. The van der Waals surface area contributed by atoms with E-state index in [4.69, 9.17) is 4.74 Å². The molecule has 3 rings (SSSR count). The second kappa shape index (κ2) is 9.21. The Balaban J connectivity index is 1.57. The Morgan fingerprint density at radius 2 is 1.59 bits per heavy atom. The van der Waals surface area contributed by atoms with Crippen molar-refractivity contribution in [3.8, 4) is 5.75 Å². The lowest BCUT2D eigenvalue weighted by atomic mass is 9.77. The summed E-state index contributed by atoms with van der Waals surface area (Å²) in [6.45, 7) is 6.58. The summed E-state index contributed by atoms with van der Waals surface area (Å²) in [6.07, 6.45) is 7.90. The Labute approximate surface area is 164 Å². The molecule has 144 valence electrons. The van der Waals surface area contributed by atoms with Crippen LogP contribution >= 0.6 is 0 Å². The van der Waals surface area contributed by atoms with Crippen LogP contribution in [-0.4, -0.2) is 5.97 Å². The highest BCUT2D eigenvalue weighted by Crippen LogP contribution is 2.37. The summed E-state index contributed by atoms with van der Waals surface area (Å²) in [5.41, 5.74) is 3.22. The van der Waals surface area contributed by atoms with Crippen molar-refractivity contribution in [1.82, 2.24) is 0 Å². The van der Waals surface area contributed by atoms with Crippen LogP contribution in [0.3, 0.4) is 0 Å². The lowest BCUT2D eigenvalue weighted by Crippen LogP contribution is -2.13. The third kappa shape index (κ3) is 5.22. The number of ether oxygens (including phenoxy) is 1. The van der Waals surface area contributed by atoms with Gasteiger partial charge in [0.1, 0.15) is 5.75 Å². The van der Waals surface area contributed by atoms with Gasteiger partial charge in [0.25, 0.3) is 0 Å². The van der Waals surface area contributed by atoms with Gasteiger partial charge in [-0.2, -0.15) is 0 Å². The van der Waals surface area contributed by atoms with Crippen LogP contribution in [0.25, 0.3) is 0 Å². The molecule has 1 saturated carbocycles. The Morgan fingerprint density at radius 1 is 0.963 bits per heavy atom. The van der Waals surface area contributed by atoms with E-state index >= 15 is 0 Å². The van der Waals surface area contributed by atoms with Gasteiger partial charge in [-0.05, 0) is 78.8 Å². The summed E-state index contributed by atoms with van der Waals surface area (Å²) in [5.74, 6) is 2.35. The van der Waals surface area contributed by atoms with E-state index in [-0.39, 0.29) is 5.97 Å². The van der Waals surface area contributed by atoms with Crippen molar-refractivity contribution in [2.75, 3.05) is 0 Å². The molecule has 0 atom stereocenters. The second-order valence-electron chi connectivity index (χ2n) is 8.24. The summed E-state index contributed by atoms with van der Waals surface area (Å²) in [6, 6.07) is 15.8. The highest BCUT2D eigenvalue weighted by molar-refractivity contribution is 5.91. The summed E-state index contributed by atoms with van der Waals surface area (Å²) >= 11 is 0. The molecule has 2 aromatic rings. The first-order valence-corrected chi connectivity index (χ1v) is 10.5. The van der Waals surface area contributed by atoms with Gasteiger partial charge in [0.2, 0.25) is 0 Å². The van der Waals surface area contributed by atoms with E-state index in [1.807, 2.05) is 36.4 Å². The van der Waals surface area contributed by atoms with Crippen molar-refractivity contribution < 1.29 is 9.53 Å². The maximum atomic E-state index is 12.4. The number of esters is 1. The number of hydrogen-bond donors (Lipinski definition) is 0. The minimum absolute atomic E-state index is 0.287. The average Bonchev–Trinajstić information content (AvgIpc) is 2.69. The van der Waals surface area contributed by atoms with Crippen molar-refractivity contribution in [1.29, 1.82) is 0 Å². The number of benzene rings is 2. The molecule has 2 heteroatoms. The van der Waals surface area contributed by atoms with E-state index in [1.165, 1.54) is 49.7 Å². The fourth-order valence-corrected chi connectivity index (χ4v) is 4.17. The van der Waals surface area contributed by atoms with Crippen LogP contribution < -0.4 is 4.74 Å². The Bertz CT molecular complexity index is 720. The van der Waals surface area contributed by atoms with Gasteiger partial charge in [-0.1, -0.05) is 57.9 Å². The molecular formula is C25H32O2. The lowest BCUT2D eigenvalue weighted by molar-refractivity contribution is 0.0734. The molecule has 0 radical (unpaired) electrons. The molecule has 0 saturated heterocycles. The second-order valence-corrected chi connectivity index (χ2v) is 8.24. The SMILES string of the molecule is CCCC1CCC(c2ccc(C(=O)Oc3ccc(C(C)C)cc3)cc2)CC1. The quantitative estimate of drug-likeness (QED) is 0.403. The summed E-state index contributed by atoms with van der Waals surface area (Å²) in [5, 5.41) is 0. The minimum atomic E-state index is -0.287. The molecule has 1 aliphatic rings. The van der Waals surface area contributed by atoms with Crippen molar-refractivity contribution in [3.05, 3.63) is 65.2 Å². The van der Waals surface area contributed by atoms with E-state index in [1.54, 1.807) is 0 Å². The van der Waals surface area contributed by atoms with E-state index < -0.39 is 0 Å². The van der Waals surface area contributed by atoms with Crippen LogP contribution in [0.4, 0.5) is 0 Å². The van der Waals surface area contributed by atoms with Crippen LogP contribution in [0.2, 0.25) is 0 Å². The Kier molecular flexibility index (Phi) is 6.71. The van der Waals surface area contributed by atoms with Crippen LogP contribution in [0.5, 0.6) is 5.75 Å². The predicted molar refractivity (Wildman–Crippen MR) is 112 cm³/mol. The largest absolute Gasteiger partial charge is 0.423 e. The van der Waals surface area contributed by atoms with Gasteiger partial charge in [0.15, 0.2) is 0 Å². The Hall–Kier alpha value is -2.09. The molecule has 0 amide bonds. The fraction of sp³-hybridized carbons (Fsp3) is 0.480. The third-order valence-corrected chi connectivity index (χ3v) is 5.92. The van der Waals surface area contributed by atoms with Crippen molar-refractivity contribution in [2.24, 2.45) is 5.92 Å². The smallest absolute Gasteiger partial charge is 0.343 e. The first-order valence-electron chi connectivity index (χ1n) is 10.5. The first-order chi connectivity index (χ1) is 13.1. The molecule has 0 aliphatic heterocycles. The molecule has 0 bridgehead atoms. The summed E-state index contributed by atoms with van der Waals surface area (Å²) in [4.78, 5) is 12.4. The maximum absolute atomic E-state index is 12.4. The number of carbonyl (C=O) groups excluding carboxylic acids is 1. The highest BCUT2D eigenvalue weighted by atomic mass is 16.5. The van der Waals surface area contributed by atoms with Crippen LogP contribution in [0.15, 0.2) is 48.5 Å². The van der Waals surface area contributed by atoms with Crippen LogP contribution in [-0.2, 0) is 0 Å². The van der Waals surface area contributed by atoms with Gasteiger partial charge in [-0.15, -0.1) is 0 Å². The van der Waals surface area contributed by atoms with Crippen molar-refractivity contribution >= 4 is 5.97 Å². The molecule has 0 aromatic heterocycles. The minimum Gasteiger partial charge on any atom is -0.423 e. The number of carbonyl (C=O) groups is 1. The van der Waals surface area contributed by atoms with Gasteiger partial charge in [-0.25, -0.2) is 4.79 Å². The van der Waals surface area contributed by atoms with E-state index in [2.05, 4.69) is 32.9 Å². The van der Waals surface area contributed by atoms with Gasteiger partial charge in [0, 0.05) is 0 Å². The summed E-state index contributed by atoms with van der Waals surface area (Å²) < 4.78 is 5.52. The summed E-state index contributed by atoms with van der Waals surface area (Å²) in [7, 11) is 0. The monoisotopic (exact) mass is 364 g/mol. The van der Waals surface area contributed by atoms with Crippen LogP contribution in [0.1, 0.15) is 92.6 Å². The molecule has 0 spiro atoms. The van der Waals surface area contributed by atoms with E-state index in [0.717, 1.165) is 5.92 Å². The average molecular weight is 365 g/mol. The molecule has 27 heavy (non-hydrogen) atoms. The van der Waals surface area contributed by atoms with Crippen molar-refractivity contribution in [2.45, 2.75) is 71.1 Å². The van der Waals surface area contributed by atoms with Crippen molar-refractivity contribution in [3.63, 3.8) is 0 Å². The molecule has 0 unspecified atom stereocenters. The normalized spacial score (nSPS) is 19.9. The third-order valence-electron chi connectivity index (χ3n) is 5.92. The zero-order chi connectivity index (χ0) is 19.2. The lowest BCUT2D eigenvalue weighted by Gasteiger charge is -2.28. The van der Waals surface area contributed by atoms with E-state index in [9.17, 15) is 4.79 Å². The Morgan fingerprint density at radius 3 is 2.15 bits per heavy atom. The van der Waals surface area contributed by atoms with Gasteiger partial charge in [0.05, 0.1) is 5.56 Å². The fourth-order valence-electron chi connectivity index (χ4n) is 4.17. The van der Waals surface area contributed by atoms with E-state index in [0.29, 0.717) is 23.1 Å². The molecule has 1 aliphatic carbocycles. The highest BCUT2D eigenvalue weighted by Gasteiger charge is 2.22. The maximum Gasteiger partial charge on any atom is 0.343 e. The zero-order valence-corrected chi connectivity index (χ0v) is 16.9. The predicted octanol–water partition coefficient (Wildman–Crippen LogP) is 7.10. The molecule has 1 fully saturated rings. The molecular weight excluding hydrogens is 332 g/mol. The molecule has 0 N–H and O–H groups in total. The zero-order valence-electron chi connectivity index (χ0n) is 16.9.